The largest absolute Gasteiger partial charge is 0.466 e. The molecule has 1 N–H and O–H groups in total. The lowest BCUT2D eigenvalue weighted by Gasteiger charge is -2.32. The molecule has 1 unspecified atom stereocenters. The van der Waals surface area contributed by atoms with Crippen LogP contribution in [0.25, 0.3) is 6.08 Å². The summed E-state index contributed by atoms with van der Waals surface area (Å²) in [6, 6.07) is 7.80. The van der Waals surface area contributed by atoms with Crippen LogP contribution in [0.5, 0.6) is 0 Å². The number of carbonyl (C=O) groups excluding carboxylic acids is 2. The average Bonchev–Trinajstić information content (AvgIpc) is 3.29. The van der Waals surface area contributed by atoms with Gasteiger partial charge in [0.2, 0.25) is 0 Å². The van der Waals surface area contributed by atoms with Gasteiger partial charge < -0.3 is 9.47 Å². The highest BCUT2D eigenvalue weighted by Crippen LogP contribution is 2.30. The first-order chi connectivity index (χ1) is 14.6. The lowest BCUT2D eigenvalue weighted by molar-refractivity contribution is -0.153. The second kappa shape index (κ2) is 11.3. The van der Waals surface area contributed by atoms with Crippen molar-refractivity contribution in [3.63, 3.8) is 0 Å². The normalized spacial score (nSPS) is 20.2. The fourth-order valence-electron chi connectivity index (χ4n) is 4.60. The van der Waals surface area contributed by atoms with Gasteiger partial charge in [0.25, 0.3) is 0 Å². The second-order valence-electron chi connectivity index (χ2n) is 8.63. The van der Waals surface area contributed by atoms with Gasteiger partial charge in [0, 0.05) is 12.1 Å². The van der Waals surface area contributed by atoms with Crippen LogP contribution in [0.15, 0.2) is 30.3 Å². The maximum atomic E-state index is 13.1. The van der Waals surface area contributed by atoms with Crippen molar-refractivity contribution in [3.8, 4) is 0 Å². The van der Waals surface area contributed by atoms with E-state index in [1.807, 2.05) is 24.3 Å². The maximum absolute atomic E-state index is 13.1. The standard InChI is InChI=1S/C25H35NO4/c1-18(20-15-12-19(13-16-20)14-17-23(27)29-2)26-24(21-8-4-3-5-9-21)25(28)30-22-10-6-7-11-22/h12-18,21-22,24,26H,3-11H2,1-2H3/b17-14+/t18?,24-/m0/s1. The molecular formula is C25H35NO4. The summed E-state index contributed by atoms with van der Waals surface area (Å²) in [7, 11) is 1.36. The van der Waals surface area contributed by atoms with E-state index >= 15 is 0 Å². The van der Waals surface area contributed by atoms with E-state index in [9.17, 15) is 9.59 Å². The Balaban J connectivity index is 1.65. The highest BCUT2D eigenvalue weighted by atomic mass is 16.5. The minimum atomic E-state index is -0.370. The first-order valence-corrected chi connectivity index (χ1v) is 11.4. The van der Waals surface area contributed by atoms with Crippen LogP contribution in [-0.2, 0) is 19.1 Å². The van der Waals surface area contributed by atoms with Crippen LogP contribution in [0.1, 0.15) is 81.9 Å². The molecule has 2 atom stereocenters. The van der Waals surface area contributed by atoms with Crippen molar-refractivity contribution in [2.75, 3.05) is 7.11 Å². The van der Waals surface area contributed by atoms with E-state index in [0.29, 0.717) is 5.92 Å². The number of rotatable bonds is 8. The molecule has 1 aromatic carbocycles. The minimum absolute atomic E-state index is 0.0340. The highest BCUT2D eigenvalue weighted by molar-refractivity contribution is 5.86. The molecule has 2 aliphatic carbocycles. The molecule has 30 heavy (non-hydrogen) atoms. The maximum Gasteiger partial charge on any atom is 0.330 e. The quantitative estimate of drug-likeness (QED) is 0.482. The van der Waals surface area contributed by atoms with Gasteiger partial charge in [-0.2, -0.15) is 0 Å². The summed E-state index contributed by atoms with van der Waals surface area (Å²) in [6.07, 6.45) is 13.4. The van der Waals surface area contributed by atoms with Crippen molar-refractivity contribution in [1.82, 2.24) is 5.32 Å². The predicted molar refractivity (Wildman–Crippen MR) is 118 cm³/mol. The molecule has 1 aromatic rings. The van der Waals surface area contributed by atoms with Crippen molar-refractivity contribution >= 4 is 18.0 Å². The number of hydrogen-bond acceptors (Lipinski definition) is 5. The number of carbonyl (C=O) groups is 2. The lowest BCUT2D eigenvalue weighted by atomic mass is 9.83. The molecule has 0 saturated heterocycles. The molecule has 0 amide bonds. The molecule has 0 aliphatic heterocycles. The molecule has 2 aliphatic rings. The van der Waals surface area contributed by atoms with Gasteiger partial charge in [0.15, 0.2) is 0 Å². The van der Waals surface area contributed by atoms with Gasteiger partial charge in [-0.05, 0) is 68.6 Å². The Labute approximate surface area is 180 Å². The van der Waals surface area contributed by atoms with Gasteiger partial charge >= 0.3 is 11.9 Å². The monoisotopic (exact) mass is 413 g/mol. The molecule has 0 bridgehead atoms. The smallest absolute Gasteiger partial charge is 0.330 e. The van der Waals surface area contributed by atoms with Crippen LogP contribution in [0.4, 0.5) is 0 Å². The Kier molecular flexibility index (Phi) is 8.50. The van der Waals surface area contributed by atoms with Gasteiger partial charge in [-0.3, -0.25) is 10.1 Å². The van der Waals surface area contributed by atoms with E-state index in [-0.39, 0.29) is 30.1 Å². The molecule has 0 aromatic heterocycles. The summed E-state index contributed by atoms with van der Waals surface area (Å²) in [5.41, 5.74) is 2.04. The van der Waals surface area contributed by atoms with Gasteiger partial charge in [0.05, 0.1) is 7.11 Å². The third-order valence-electron chi connectivity index (χ3n) is 6.44. The van der Waals surface area contributed by atoms with Gasteiger partial charge in [-0.1, -0.05) is 43.5 Å². The molecule has 2 fully saturated rings. The molecule has 0 heterocycles. The number of nitrogens with one attached hydrogen (secondary N) is 1. The van der Waals surface area contributed by atoms with Crippen LogP contribution >= 0.6 is 0 Å². The van der Waals surface area contributed by atoms with Crippen LogP contribution in [0.3, 0.4) is 0 Å². The van der Waals surface area contributed by atoms with Crippen LogP contribution in [-0.4, -0.2) is 31.2 Å². The number of ether oxygens (including phenoxy) is 2. The topological polar surface area (TPSA) is 64.6 Å². The minimum Gasteiger partial charge on any atom is -0.466 e. The zero-order valence-electron chi connectivity index (χ0n) is 18.3. The molecule has 0 spiro atoms. The number of hydrogen-bond donors (Lipinski definition) is 1. The lowest BCUT2D eigenvalue weighted by Crippen LogP contribution is -2.46. The van der Waals surface area contributed by atoms with Crippen molar-refractivity contribution < 1.29 is 19.1 Å². The fraction of sp³-hybridized carbons (Fsp3) is 0.600. The van der Waals surface area contributed by atoms with E-state index in [0.717, 1.165) is 49.7 Å². The number of methoxy groups -OCH3 is 1. The summed E-state index contributed by atoms with van der Waals surface area (Å²) in [4.78, 5) is 24.3. The van der Waals surface area contributed by atoms with Gasteiger partial charge in [-0.15, -0.1) is 0 Å². The van der Waals surface area contributed by atoms with Gasteiger partial charge in [-0.25, -0.2) is 4.79 Å². The second-order valence-corrected chi connectivity index (χ2v) is 8.63. The Morgan fingerprint density at radius 2 is 1.63 bits per heavy atom. The van der Waals surface area contributed by atoms with Crippen molar-refractivity contribution in [2.45, 2.75) is 82.9 Å². The summed E-state index contributed by atoms with van der Waals surface area (Å²) in [6.45, 7) is 2.10. The third kappa shape index (κ3) is 6.43. The van der Waals surface area contributed by atoms with Crippen LogP contribution in [0.2, 0.25) is 0 Å². The molecule has 0 radical (unpaired) electrons. The number of benzene rings is 1. The van der Waals surface area contributed by atoms with E-state index in [1.54, 1.807) is 6.08 Å². The molecule has 164 valence electrons. The van der Waals surface area contributed by atoms with E-state index in [4.69, 9.17) is 4.74 Å². The van der Waals surface area contributed by atoms with E-state index < -0.39 is 0 Å². The Bertz CT molecular complexity index is 715. The summed E-state index contributed by atoms with van der Waals surface area (Å²) >= 11 is 0. The van der Waals surface area contributed by atoms with E-state index in [2.05, 4.69) is 17.0 Å². The third-order valence-corrected chi connectivity index (χ3v) is 6.44. The molecule has 5 heteroatoms. The van der Waals surface area contributed by atoms with Crippen molar-refractivity contribution in [1.29, 1.82) is 0 Å². The zero-order valence-corrected chi connectivity index (χ0v) is 18.3. The average molecular weight is 414 g/mol. The highest BCUT2D eigenvalue weighted by Gasteiger charge is 2.33. The van der Waals surface area contributed by atoms with Crippen LogP contribution < -0.4 is 5.32 Å². The van der Waals surface area contributed by atoms with Crippen molar-refractivity contribution in [3.05, 3.63) is 41.5 Å². The SMILES string of the molecule is COC(=O)/C=C/c1ccc(C(C)N[C@H](C(=O)OC2CCCC2)C2CCCCC2)cc1. The summed E-state index contributed by atoms with van der Waals surface area (Å²) < 4.78 is 10.5. The van der Waals surface area contributed by atoms with Crippen molar-refractivity contribution in [2.24, 2.45) is 5.92 Å². The number of esters is 2. The Morgan fingerprint density at radius 3 is 2.27 bits per heavy atom. The Hall–Kier alpha value is -2.14. The zero-order chi connectivity index (χ0) is 21.3. The van der Waals surface area contributed by atoms with Crippen LogP contribution in [0, 0.1) is 5.92 Å². The first kappa shape index (κ1) is 22.5. The molecule has 2 saturated carbocycles. The summed E-state index contributed by atoms with van der Waals surface area (Å²) in [5, 5.41) is 3.59. The molecule has 3 rings (SSSR count). The van der Waals surface area contributed by atoms with E-state index in [1.165, 1.54) is 32.4 Å². The summed E-state index contributed by atoms with van der Waals surface area (Å²) in [5.74, 6) is -0.0964. The first-order valence-electron chi connectivity index (χ1n) is 11.4. The van der Waals surface area contributed by atoms with Gasteiger partial charge in [0.1, 0.15) is 12.1 Å². The predicted octanol–water partition coefficient (Wildman–Crippen LogP) is 4.96. The Morgan fingerprint density at radius 1 is 1.00 bits per heavy atom. The molecule has 5 nitrogen and oxygen atoms in total. The fourth-order valence-corrected chi connectivity index (χ4v) is 4.60. The molecular weight excluding hydrogens is 378 g/mol.